The van der Waals surface area contributed by atoms with Crippen molar-refractivity contribution in [1.29, 1.82) is 0 Å². The molecule has 0 radical (unpaired) electrons. The molecule has 8 nitrogen and oxygen atoms in total. The lowest BCUT2D eigenvalue weighted by atomic mass is 10.0. The van der Waals surface area contributed by atoms with Gasteiger partial charge in [-0.05, 0) is 65.0 Å². The molecule has 11 heteroatoms. The van der Waals surface area contributed by atoms with E-state index in [1.165, 1.54) is 11.8 Å². The summed E-state index contributed by atoms with van der Waals surface area (Å²) in [6, 6.07) is 5.77. The number of hydrogen-bond donors (Lipinski definition) is 1. The summed E-state index contributed by atoms with van der Waals surface area (Å²) in [5, 5.41) is 0.771. The number of carbonyl (C=O) groups excluding carboxylic acids is 1. The summed E-state index contributed by atoms with van der Waals surface area (Å²) in [6.45, 7) is 7.36. The zero-order valence-electron chi connectivity index (χ0n) is 18.6. The van der Waals surface area contributed by atoms with Gasteiger partial charge >= 0.3 is 0 Å². The number of benzene rings is 1. The van der Waals surface area contributed by atoms with E-state index in [1.54, 1.807) is 11.0 Å². The lowest BCUT2D eigenvalue weighted by molar-refractivity contribution is -0.135. The number of halogens is 2. The summed E-state index contributed by atoms with van der Waals surface area (Å²) in [7, 11) is -4.12. The van der Waals surface area contributed by atoms with Crippen LogP contribution in [0.4, 0.5) is 0 Å². The molecule has 33 heavy (non-hydrogen) atoms. The number of rotatable bonds is 8. The highest BCUT2D eigenvalue weighted by Gasteiger charge is 2.22. The minimum atomic E-state index is -4.12. The molecule has 1 fully saturated rings. The Morgan fingerprint density at radius 3 is 2.52 bits per heavy atom. The van der Waals surface area contributed by atoms with Crippen LogP contribution >= 0.6 is 27.5 Å². The Labute approximate surface area is 207 Å². The summed E-state index contributed by atoms with van der Waals surface area (Å²) < 4.78 is 37.4. The number of pyridine rings is 1. The molecule has 180 valence electrons. The molecule has 1 aliphatic rings. The zero-order chi connectivity index (χ0) is 24.2. The molecule has 0 unspecified atom stereocenters. The maximum absolute atomic E-state index is 12.7. The van der Waals surface area contributed by atoms with E-state index in [2.05, 4.69) is 38.8 Å². The summed E-state index contributed by atoms with van der Waals surface area (Å²) >= 11 is 9.48. The SMILES string of the molecule is Cc1cc(CN2CCN(C(=O)COc3ncc(Br)cc3CCS(=O)(=O)O)CC2)c(C)cc1Cl. The molecule has 1 aliphatic heterocycles. The summed E-state index contributed by atoms with van der Waals surface area (Å²) in [5.74, 6) is -0.426. The topological polar surface area (TPSA) is 100 Å². The van der Waals surface area contributed by atoms with Gasteiger partial charge in [0.1, 0.15) is 0 Å². The second-order valence-corrected chi connectivity index (χ2v) is 11.0. The normalized spacial score (nSPS) is 15.0. The number of nitrogens with zero attached hydrogens (tertiary/aromatic N) is 3. The number of amides is 1. The van der Waals surface area contributed by atoms with Crippen molar-refractivity contribution in [3.63, 3.8) is 0 Å². The summed E-state index contributed by atoms with van der Waals surface area (Å²) in [4.78, 5) is 20.9. The van der Waals surface area contributed by atoms with Gasteiger partial charge in [0.15, 0.2) is 6.61 Å². The minimum Gasteiger partial charge on any atom is -0.467 e. The van der Waals surface area contributed by atoms with Gasteiger partial charge in [-0.15, -0.1) is 0 Å². The standard InChI is InChI=1S/C22H27BrClN3O5S/c1-15-10-20(24)16(2)9-18(15)13-26-4-6-27(7-5-26)21(28)14-32-22-17(3-8-33(29,30)31)11-19(23)12-25-22/h9-12H,3-8,13-14H2,1-2H3,(H,29,30,31). The smallest absolute Gasteiger partial charge is 0.265 e. The van der Waals surface area contributed by atoms with Crippen LogP contribution in [0.3, 0.4) is 0 Å². The third-order valence-corrected chi connectivity index (χ3v) is 7.15. The Bertz CT molecular complexity index is 1120. The van der Waals surface area contributed by atoms with E-state index < -0.39 is 15.9 Å². The predicted molar refractivity (Wildman–Crippen MR) is 130 cm³/mol. The average Bonchev–Trinajstić information content (AvgIpc) is 2.75. The van der Waals surface area contributed by atoms with Crippen LogP contribution in [0.15, 0.2) is 28.9 Å². The molecule has 0 spiro atoms. The van der Waals surface area contributed by atoms with Crippen molar-refractivity contribution in [2.75, 3.05) is 38.5 Å². The molecule has 3 rings (SSSR count). The number of piperazine rings is 1. The van der Waals surface area contributed by atoms with Crippen LogP contribution in [0, 0.1) is 13.8 Å². The van der Waals surface area contributed by atoms with E-state index in [-0.39, 0.29) is 24.8 Å². The fourth-order valence-corrected chi connectivity index (χ4v) is 4.72. The van der Waals surface area contributed by atoms with Gasteiger partial charge in [0, 0.05) is 54.0 Å². The Morgan fingerprint density at radius 1 is 1.15 bits per heavy atom. The zero-order valence-corrected chi connectivity index (χ0v) is 21.7. The molecule has 0 saturated carbocycles. The monoisotopic (exact) mass is 559 g/mol. The highest BCUT2D eigenvalue weighted by atomic mass is 79.9. The first-order valence-corrected chi connectivity index (χ1v) is 13.3. The number of hydrogen-bond acceptors (Lipinski definition) is 6. The molecule has 1 N–H and O–H groups in total. The van der Waals surface area contributed by atoms with Crippen LogP contribution in [-0.2, 0) is 27.9 Å². The Morgan fingerprint density at radius 2 is 1.85 bits per heavy atom. The highest BCUT2D eigenvalue weighted by Crippen LogP contribution is 2.23. The lowest BCUT2D eigenvalue weighted by Gasteiger charge is -2.35. The van der Waals surface area contributed by atoms with Crippen LogP contribution in [0.5, 0.6) is 5.88 Å². The molecule has 0 bridgehead atoms. The van der Waals surface area contributed by atoms with E-state index in [0.717, 1.165) is 35.8 Å². The Hall–Kier alpha value is -1.72. The van der Waals surface area contributed by atoms with Gasteiger partial charge in [-0.1, -0.05) is 17.7 Å². The van der Waals surface area contributed by atoms with Gasteiger partial charge in [-0.2, -0.15) is 8.42 Å². The van der Waals surface area contributed by atoms with E-state index in [9.17, 15) is 13.2 Å². The van der Waals surface area contributed by atoms with Crippen LogP contribution in [-0.4, -0.2) is 72.2 Å². The van der Waals surface area contributed by atoms with Crippen molar-refractivity contribution >= 4 is 43.6 Å². The van der Waals surface area contributed by atoms with Crippen molar-refractivity contribution in [3.05, 3.63) is 56.1 Å². The van der Waals surface area contributed by atoms with Crippen molar-refractivity contribution in [2.45, 2.75) is 26.8 Å². The fraction of sp³-hybridized carbons (Fsp3) is 0.455. The van der Waals surface area contributed by atoms with Crippen molar-refractivity contribution < 1.29 is 22.5 Å². The molecule has 1 saturated heterocycles. The van der Waals surface area contributed by atoms with Gasteiger partial charge in [-0.3, -0.25) is 14.2 Å². The first-order valence-electron chi connectivity index (χ1n) is 10.5. The number of aromatic nitrogens is 1. The Balaban J connectivity index is 1.52. The Kier molecular flexibility index (Phi) is 8.74. The van der Waals surface area contributed by atoms with E-state index >= 15 is 0 Å². The first-order chi connectivity index (χ1) is 15.5. The molecular formula is C22H27BrClN3O5S. The molecule has 1 aromatic carbocycles. The second-order valence-electron chi connectivity index (χ2n) is 8.13. The first kappa shape index (κ1) is 25.9. The quantitative estimate of drug-likeness (QED) is 0.495. The number of aryl methyl sites for hydroxylation is 3. The van der Waals surface area contributed by atoms with Gasteiger partial charge in [0.2, 0.25) is 5.88 Å². The maximum atomic E-state index is 12.7. The van der Waals surface area contributed by atoms with Crippen LogP contribution in [0.1, 0.15) is 22.3 Å². The highest BCUT2D eigenvalue weighted by molar-refractivity contribution is 9.10. The van der Waals surface area contributed by atoms with Gasteiger partial charge in [-0.25, -0.2) is 4.98 Å². The van der Waals surface area contributed by atoms with Crippen LogP contribution in [0.2, 0.25) is 5.02 Å². The van der Waals surface area contributed by atoms with E-state index in [4.69, 9.17) is 20.9 Å². The fourth-order valence-electron chi connectivity index (χ4n) is 3.65. The lowest BCUT2D eigenvalue weighted by Crippen LogP contribution is -2.49. The summed E-state index contributed by atoms with van der Waals surface area (Å²) in [6.07, 6.45) is 1.53. The molecule has 1 amide bonds. The third kappa shape index (κ3) is 7.65. The van der Waals surface area contributed by atoms with Crippen molar-refractivity contribution in [3.8, 4) is 5.88 Å². The summed E-state index contributed by atoms with van der Waals surface area (Å²) in [5.41, 5.74) is 3.94. The molecule has 2 heterocycles. The molecular weight excluding hydrogens is 534 g/mol. The van der Waals surface area contributed by atoms with Crippen LogP contribution in [0.25, 0.3) is 0 Å². The predicted octanol–water partition coefficient (Wildman–Crippen LogP) is 3.27. The number of carbonyl (C=O) groups is 1. The molecule has 0 aliphatic carbocycles. The van der Waals surface area contributed by atoms with Gasteiger partial charge in [0.25, 0.3) is 16.0 Å². The second kappa shape index (κ2) is 11.1. The third-order valence-electron chi connectivity index (χ3n) is 5.59. The van der Waals surface area contributed by atoms with Crippen LogP contribution < -0.4 is 4.74 Å². The van der Waals surface area contributed by atoms with E-state index in [0.29, 0.717) is 23.1 Å². The molecule has 0 atom stereocenters. The minimum absolute atomic E-state index is 0.0249. The maximum Gasteiger partial charge on any atom is 0.265 e. The van der Waals surface area contributed by atoms with Gasteiger partial charge < -0.3 is 9.64 Å². The largest absolute Gasteiger partial charge is 0.467 e. The van der Waals surface area contributed by atoms with Crippen molar-refractivity contribution in [2.24, 2.45) is 0 Å². The number of ether oxygens (including phenoxy) is 1. The average molecular weight is 561 g/mol. The molecule has 1 aromatic heterocycles. The van der Waals surface area contributed by atoms with Gasteiger partial charge in [0.05, 0.1) is 5.75 Å². The molecule has 2 aromatic rings. The van der Waals surface area contributed by atoms with E-state index in [1.807, 2.05) is 13.0 Å². The van der Waals surface area contributed by atoms with Crippen molar-refractivity contribution in [1.82, 2.24) is 14.8 Å².